The smallest absolute Gasteiger partial charge is 0.0406 e. The van der Waals surface area contributed by atoms with Gasteiger partial charge in [0, 0.05) is 5.02 Å². The molecule has 0 unspecified atom stereocenters. The van der Waals surface area contributed by atoms with Gasteiger partial charge in [0.25, 0.3) is 0 Å². The summed E-state index contributed by atoms with van der Waals surface area (Å²) in [4.78, 5) is 0. The lowest BCUT2D eigenvalue weighted by molar-refractivity contribution is 0.593. The predicted molar refractivity (Wildman–Crippen MR) is 53.4 cm³/mol. The molecule has 0 aliphatic heterocycles. The third kappa shape index (κ3) is 2.84. The normalized spacial score (nSPS) is 12.9. The molecule has 2 N–H and O–H groups in total. The standard InChI is InChI=1S/C10H14ClN/c1-8(7-12)6-9-2-4-10(11)5-3-9/h2-5,8H,6-7,12H2,1H3/t8-/m0/s1. The van der Waals surface area contributed by atoms with Gasteiger partial charge in [-0.05, 0) is 36.6 Å². The van der Waals surface area contributed by atoms with Gasteiger partial charge in [-0.25, -0.2) is 0 Å². The SMILES string of the molecule is C[C@H](CN)Cc1ccc(Cl)cc1. The molecule has 0 spiro atoms. The first-order valence-electron chi connectivity index (χ1n) is 4.17. The molecule has 66 valence electrons. The molecule has 0 aliphatic rings. The van der Waals surface area contributed by atoms with Gasteiger partial charge in [-0.3, -0.25) is 0 Å². The van der Waals surface area contributed by atoms with E-state index in [1.807, 2.05) is 12.1 Å². The van der Waals surface area contributed by atoms with E-state index in [9.17, 15) is 0 Å². The average Bonchev–Trinajstić information content (AvgIpc) is 2.09. The van der Waals surface area contributed by atoms with Crippen molar-refractivity contribution in [2.45, 2.75) is 13.3 Å². The number of rotatable bonds is 3. The minimum atomic E-state index is 0.547. The van der Waals surface area contributed by atoms with Gasteiger partial charge in [0.2, 0.25) is 0 Å². The lowest BCUT2D eigenvalue weighted by Gasteiger charge is -2.07. The molecule has 1 aromatic carbocycles. The van der Waals surface area contributed by atoms with E-state index < -0.39 is 0 Å². The van der Waals surface area contributed by atoms with Gasteiger partial charge in [-0.1, -0.05) is 30.7 Å². The molecule has 0 heterocycles. The Balaban J connectivity index is 2.58. The molecule has 0 bridgehead atoms. The van der Waals surface area contributed by atoms with Crippen LogP contribution in [0.25, 0.3) is 0 Å². The van der Waals surface area contributed by atoms with E-state index in [1.165, 1.54) is 5.56 Å². The Kier molecular flexibility index (Phi) is 3.57. The van der Waals surface area contributed by atoms with Crippen LogP contribution in [-0.4, -0.2) is 6.54 Å². The molecule has 1 atom stereocenters. The van der Waals surface area contributed by atoms with E-state index in [4.69, 9.17) is 17.3 Å². The maximum Gasteiger partial charge on any atom is 0.0406 e. The first-order chi connectivity index (χ1) is 5.72. The number of hydrogen-bond donors (Lipinski definition) is 1. The molecular weight excluding hydrogens is 170 g/mol. The van der Waals surface area contributed by atoms with Crippen LogP contribution in [0.15, 0.2) is 24.3 Å². The van der Waals surface area contributed by atoms with Crippen molar-refractivity contribution >= 4 is 11.6 Å². The molecule has 1 nitrogen and oxygen atoms in total. The van der Waals surface area contributed by atoms with E-state index in [0.29, 0.717) is 5.92 Å². The second-order valence-electron chi connectivity index (χ2n) is 3.17. The Hall–Kier alpha value is -0.530. The van der Waals surface area contributed by atoms with Crippen molar-refractivity contribution in [1.82, 2.24) is 0 Å². The highest BCUT2D eigenvalue weighted by atomic mass is 35.5. The first-order valence-corrected chi connectivity index (χ1v) is 4.54. The zero-order valence-electron chi connectivity index (χ0n) is 7.26. The van der Waals surface area contributed by atoms with Gasteiger partial charge in [-0.15, -0.1) is 0 Å². The molecule has 0 saturated carbocycles. The van der Waals surface area contributed by atoms with Crippen molar-refractivity contribution in [3.63, 3.8) is 0 Å². The van der Waals surface area contributed by atoms with Crippen LogP contribution in [0.4, 0.5) is 0 Å². The van der Waals surface area contributed by atoms with Crippen LogP contribution in [0, 0.1) is 5.92 Å². The molecule has 0 aliphatic carbocycles. The summed E-state index contributed by atoms with van der Waals surface area (Å²) in [6, 6.07) is 7.93. The van der Waals surface area contributed by atoms with Crippen LogP contribution in [-0.2, 0) is 6.42 Å². The van der Waals surface area contributed by atoms with Crippen molar-refractivity contribution in [3.05, 3.63) is 34.9 Å². The average molecular weight is 184 g/mol. The lowest BCUT2D eigenvalue weighted by Crippen LogP contribution is -2.12. The summed E-state index contributed by atoms with van der Waals surface area (Å²) in [7, 11) is 0. The number of halogens is 1. The largest absolute Gasteiger partial charge is 0.330 e. The number of benzene rings is 1. The molecule has 0 radical (unpaired) electrons. The summed E-state index contributed by atoms with van der Waals surface area (Å²) in [5.41, 5.74) is 6.83. The number of nitrogens with two attached hydrogens (primary N) is 1. The minimum Gasteiger partial charge on any atom is -0.330 e. The van der Waals surface area contributed by atoms with Crippen molar-refractivity contribution < 1.29 is 0 Å². The molecule has 1 rings (SSSR count). The van der Waals surface area contributed by atoms with Crippen LogP contribution < -0.4 is 5.73 Å². The minimum absolute atomic E-state index is 0.547. The maximum absolute atomic E-state index is 5.76. The van der Waals surface area contributed by atoms with Crippen molar-refractivity contribution in [2.75, 3.05) is 6.54 Å². The summed E-state index contributed by atoms with van der Waals surface area (Å²) < 4.78 is 0. The summed E-state index contributed by atoms with van der Waals surface area (Å²) >= 11 is 5.76. The molecule has 0 aromatic heterocycles. The van der Waals surface area contributed by atoms with Crippen LogP contribution in [0.5, 0.6) is 0 Å². The van der Waals surface area contributed by atoms with Crippen molar-refractivity contribution in [3.8, 4) is 0 Å². The molecule has 0 saturated heterocycles. The summed E-state index contributed by atoms with van der Waals surface area (Å²) in [5.74, 6) is 0.547. The Morgan fingerprint density at radius 1 is 1.33 bits per heavy atom. The topological polar surface area (TPSA) is 26.0 Å². The van der Waals surface area contributed by atoms with E-state index in [0.717, 1.165) is 18.0 Å². The van der Waals surface area contributed by atoms with Gasteiger partial charge < -0.3 is 5.73 Å². The van der Waals surface area contributed by atoms with Gasteiger partial charge in [0.15, 0.2) is 0 Å². The molecule has 0 fully saturated rings. The van der Waals surface area contributed by atoms with Gasteiger partial charge in [0.1, 0.15) is 0 Å². The van der Waals surface area contributed by atoms with Gasteiger partial charge in [-0.2, -0.15) is 0 Å². The van der Waals surface area contributed by atoms with E-state index in [1.54, 1.807) is 0 Å². The highest BCUT2D eigenvalue weighted by Gasteiger charge is 2.00. The van der Waals surface area contributed by atoms with Gasteiger partial charge in [0.05, 0.1) is 0 Å². The van der Waals surface area contributed by atoms with Crippen LogP contribution in [0.2, 0.25) is 5.02 Å². The molecule has 0 amide bonds. The molecule has 1 aromatic rings. The monoisotopic (exact) mass is 183 g/mol. The molecule has 12 heavy (non-hydrogen) atoms. The number of hydrogen-bond acceptors (Lipinski definition) is 1. The summed E-state index contributed by atoms with van der Waals surface area (Å²) in [6.07, 6.45) is 1.04. The zero-order chi connectivity index (χ0) is 8.97. The van der Waals surface area contributed by atoms with Crippen molar-refractivity contribution in [1.29, 1.82) is 0 Å². The second-order valence-corrected chi connectivity index (χ2v) is 3.61. The summed E-state index contributed by atoms with van der Waals surface area (Å²) in [6.45, 7) is 2.89. The quantitative estimate of drug-likeness (QED) is 0.766. The fraction of sp³-hybridized carbons (Fsp3) is 0.400. The predicted octanol–water partition coefficient (Wildman–Crippen LogP) is 2.48. The van der Waals surface area contributed by atoms with E-state index in [2.05, 4.69) is 19.1 Å². The van der Waals surface area contributed by atoms with Crippen LogP contribution in [0.3, 0.4) is 0 Å². The molecule has 2 heteroatoms. The summed E-state index contributed by atoms with van der Waals surface area (Å²) in [5, 5.41) is 0.791. The molecular formula is C10H14ClN. The maximum atomic E-state index is 5.76. The highest BCUT2D eigenvalue weighted by Crippen LogP contribution is 2.12. The van der Waals surface area contributed by atoms with Crippen LogP contribution >= 0.6 is 11.6 Å². The third-order valence-corrected chi connectivity index (χ3v) is 2.15. The third-order valence-electron chi connectivity index (χ3n) is 1.90. The highest BCUT2D eigenvalue weighted by molar-refractivity contribution is 6.30. The Morgan fingerprint density at radius 2 is 1.92 bits per heavy atom. The van der Waals surface area contributed by atoms with Crippen molar-refractivity contribution in [2.24, 2.45) is 11.7 Å². The Bertz CT molecular complexity index is 230. The van der Waals surface area contributed by atoms with E-state index in [-0.39, 0.29) is 0 Å². The first kappa shape index (κ1) is 9.56. The fourth-order valence-corrected chi connectivity index (χ4v) is 1.23. The Labute approximate surface area is 78.5 Å². The Morgan fingerprint density at radius 3 is 2.42 bits per heavy atom. The van der Waals surface area contributed by atoms with E-state index >= 15 is 0 Å². The fourth-order valence-electron chi connectivity index (χ4n) is 1.11. The van der Waals surface area contributed by atoms with Crippen LogP contribution in [0.1, 0.15) is 12.5 Å². The second kappa shape index (κ2) is 4.48. The zero-order valence-corrected chi connectivity index (χ0v) is 8.01. The van der Waals surface area contributed by atoms with Gasteiger partial charge >= 0.3 is 0 Å². The lowest BCUT2D eigenvalue weighted by atomic mass is 10.0.